The van der Waals surface area contributed by atoms with E-state index in [-0.39, 0.29) is 6.08 Å². The highest BCUT2D eigenvalue weighted by molar-refractivity contribution is 5.67. The van der Waals surface area contributed by atoms with Crippen molar-refractivity contribution in [1.82, 2.24) is 0 Å². The van der Waals surface area contributed by atoms with Crippen molar-refractivity contribution in [3.05, 3.63) is 65.2 Å². The summed E-state index contributed by atoms with van der Waals surface area (Å²) in [6.07, 6.45) is 2.92. The molecule has 1 aliphatic rings. The van der Waals surface area contributed by atoms with Crippen LogP contribution >= 0.6 is 0 Å². The van der Waals surface area contributed by atoms with E-state index in [2.05, 4.69) is 13.8 Å². The molecule has 31 heavy (non-hydrogen) atoms. The Morgan fingerprint density at radius 1 is 0.935 bits per heavy atom. The Bertz CT molecular complexity index is 864. The zero-order valence-electron chi connectivity index (χ0n) is 18.0. The fraction of sp³-hybridized carbons (Fsp3) is 0.462. The molecular formula is C26H29F5. The van der Waals surface area contributed by atoms with Crippen LogP contribution in [0.15, 0.2) is 42.5 Å². The van der Waals surface area contributed by atoms with Gasteiger partial charge in [-0.15, -0.1) is 0 Å². The van der Waals surface area contributed by atoms with E-state index >= 15 is 0 Å². The minimum absolute atomic E-state index is 0.166. The lowest BCUT2D eigenvalue weighted by Crippen LogP contribution is -2.19. The van der Waals surface area contributed by atoms with Gasteiger partial charge < -0.3 is 0 Å². The van der Waals surface area contributed by atoms with Crippen molar-refractivity contribution in [1.29, 1.82) is 0 Å². The molecule has 5 heteroatoms. The smallest absolute Gasteiger partial charge is 0.206 e. The first-order valence-corrected chi connectivity index (χ1v) is 11.0. The van der Waals surface area contributed by atoms with Gasteiger partial charge in [0.05, 0.1) is 0 Å². The molecule has 2 aromatic carbocycles. The number of hydrogen-bond acceptors (Lipinski definition) is 0. The van der Waals surface area contributed by atoms with Crippen molar-refractivity contribution < 1.29 is 22.0 Å². The highest BCUT2D eigenvalue weighted by atomic mass is 19.4. The summed E-state index contributed by atoms with van der Waals surface area (Å²) in [7, 11) is 0. The van der Waals surface area contributed by atoms with Crippen LogP contribution in [0.4, 0.5) is 22.0 Å². The zero-order valence-corrected chi connectivity index (χ0v) is 18.0. The summed E-state index contributed by atoms with van der Waals surface area (Å²) < 4.78 is 65.4. The standard InChI is InChI=1S/C26H29F5/c1-3-4-17(2)18-5-7-19(8-6-18)20-9-11-21(12-10-20)22-15-24(27)23(25(28)16-22)13-14-26(29,30)31/h9-19H,3-8H2,1-2H3/b14-13+. The summed E-state index contributed by atoms with van der Waals surface area (Å²) in [6, 6.07) is 9.83. The first kappa shape index (κ1) is 23.5. The highest BCUT2D eigenvalue weighted by Crippen LogP contribution is 2.40. The second-order valence-corrected chi connectivity index (χ2v) is 8.73. The first-order chi connectivity index (χ1) is 14.7. The lowest BCUT2D eigenvalue weighted by molar-refractivity contribution is -0.0790. The second-order valence-electron chi connectivity index (χ2n) is 8.73. The quantitative estimate of drug-likeness (QED) is 0.397. The van der Waals surface area contributed by atoms with Crippen LogP contribution in [0.25, 0.3) is 17.2 Å². The number of alkyl halides is 3. The molecule has 0 saturated heterocycles. The van der Waals surface area contributed by atoms with E-state index in [4.69, 9.17) is 0 Å². The van der Waals surface area contributed by atoms with Crippen molar-refractivity contribution in [3.8, 4) is 11.1 Å². The molecule has 0 spiro atoms. The third kappa shape index (κ3) is 6.18. The van der Waals surface area contributed by atoms with Crippen LogP contribution in [0.3, 0.4) is 0 Å². The Labute approximate surface area is 181 Å². The van der Waals surface area contributed by atoms with Gasteiger partial charge in [0.15, 0.2) is 0 Å². The van der Waals surface area contributed by atoms with Crippen molar-refractivity contribution in [3.63, 3.8) is 0 Å². The van der Waals surface area contributed by atoms with E-state index in [1.54, 1.807) is 0 Å². The third-order valence-electron chi connectivity index (χ3n) is 6.55. The van der Waals surface area contributed by atoms with Crippen LogP contribution < -0.4 is 0 Å². The predicted molar refractivity (Wildman–Crippen MR) is 116 cm³/mol. The van der Waals surface area contributed by atoms with Gasteiger partial charge in [0, 0.05) is 11.6 Å². The SMILES string of the molecule is CCCC(C)C1CCC(c2ccc(-c3cc(F)c(/C=C/C(F)(F)F)c(F)c3)cc2)CC1. The molecule has 0 aliphatic heterocycles. The molecule has 0 nitrogen and oxygen atoms in total. The summed E-state index contributed by atoms with van der Waals surface area (Å²) in [5.41, 5.74) is 1.49. The zero-order chi connectivity index (χ0) is 22.6. The lowest BCUT2D eigenvalue weighted by Gasteiger charge is -2.32. The number of hydrogen-bond donors (Lipinski definition) is 0. The molecule has 1 aliphatic carbocycles. The third-order valence-corrected chi connectivity index (χ3v) is 6.55. The van der Waals surface area contributed by atoms with Gasteiger partial charge in [0.25, 0.3) is 0 Å². The Balaban J connectivity index is 1.70. The molecule has 2 aromatic rings. The topological polar surface area (TPSA) is 0 Å². The molecule has 0 heterocycles. The Kier molecular flexibility index (Phi) is 7.55. The number of benzene rings is 2. The Hall–Kier alpha value is -2.17. The summed E-state index contributed by atoms with van der Waals surface area (Å²) in [5, 5.41) is 0. The molecule has 1 atom stereocenters. The molecule has 1 fully saturated rings. The maximum absolute atomic E-state index is 14.2. The number of rotatable bonds is 6. The number of allylic oxidation sites excluding steroid dienone is 1. The van der Waals surface area contributed by atoms with Gasteiger partial charge in [-0.2, -0.15) is 13.2 Å². The fourth-order valence-electron chi connectivity index (χ4n) is 4.75. The molecule has 3 rings (SSSR count). The Morgan fingerprint density at radius 2 is 1.52 bits per heavy atom. The van der Waals surface area contributed by atoms with E-state index in [0.717, 1.165) is 36.8 Å². The maximum Gasteiger partial charge on any atom is 0.409 e. The average Bonchev–Trinajstić information content (AvgIpc) is 2.72. The predicted octanol–water partition coefficient (Wildman–Crippen LogP) is 8.92. The van der Waals surface area contributed by atoms with E-state index in [0.29, 0.717) is 23.1 Å². The molecular weight excluding hydrogens is 407 g/mol. The van der Waals surface area contributed by atoms with E-state index < -0.39 is 23.4 Å². The summed E-state index contributed by atoms with van der Waals surface area (Å²) in [5.74, 6) is 0.0408. The molecule has 0 aromatic heterocycles. The molecule has 0 amide bonds. The second kappa shape index (κ2) is 9.97. The van der Waals surface area contributed by atoms with Crippen molar-refractivity contribution in [2.75, 3.05) is 0 Å². The summed E-state index contributed by atoms with van der Waals surface area (Å²) in [6.45, 7) is 4.58. The van der Waals surface area contributed by atoms with E-state index in [1.807, 2.05) is 24.3 Å². The normalized spacial score (nSPS) is 20.9. The van der Waals surface area contributed by atoms with Gasteiger partial charge in [-0.3, -0.25) is 0 Å². The van der Waals surface area contributed by atoms with E-state index in [9.17, 15) is 22.0 Å². The van der Waals surface area contributed by atoms with Crippen LogP contribution in [0.1, 0.15) is 69.4 Å². The van der Waals surface area contributed by atoms with Gasteiger partial charge in [0.2, 0.25) is 0 Å². The molecule has 0 radical (unpaired) electrons. The van der Waals surface area contributed by atoms with Crippen LogP contribution in [0, 0.1) is 23.5 Å². The summed E-state index contributed by atoms with van der Waals surface area (Å²) >= 11 is 0. The van der Waals surface area contributed by atoms with Crippen LogP contribution in [-0.4, -0.2) is 6.18 Å². The van der Waals surface area contributed by atoms with Crippen molar-refractivity contribution >= 4 is 6.08 Å². The molecule has 0 bridgehead atoms. The largest absolute Gasteiger partial charge is 0.409 e. The lowest BCUT2D eigenvalue weighted by atomic mass is 9.73. The summed E-state index contributed by atoms with van der Waals surface area (Å²) in [4.78, 5) is 0. The monoisotopic (exact) mass is 436 g/mol. The molecule has 1 unspecified atom stereocenters. The molecule has 1 saturated carbocycles. The van der Waals surface area contributed by atoms with Crippen molar-refractivity contribution in [2.45, 2.75) is 64.5 Å². The number of halogens is 5. The van der Waals surface area contributed by atoms with Crippen LogP contribution in [0.2, 0.25) is 0 Å². The van der Waals surface area contributed by atoms with Gasteiger partial charge in [-0.1, -0.05) is 51.0 Å². The average molecular weight is 437 g/mol. The minimum Gasteiger partial charge on any atom is -0.206 e. The fourth-order valence-corrected chi connectivity index (χ4v) is 4.75. The van der Waals surface area contributed by atoms with E-state index in [1.165, 1.54) is 31.2 Å². The van der Waals surface area contributed by atoms with Crippen LogP contribution in [0.5, 0.6) is 0 Å². The van der Waals surface area contributed by atoms with Gasteiger partial charge >= 0.3 is 6.18 Å². The van der Waals surface area contributed by atoms with Crippen molar-refractivity contribution in [2.24, 2.45) is 11.8 Å². The van der Waals surface area contributed by atoms with Gasteiger partial charge in [-0.05, 0) is 78.3 Å². The minimum atomic E-state index is -4.62. The van der Waals surface area contributed by atoms with Gasteiger partial charge in [-0.25, -0.2) is 8.78 Å². The molecule has 168 valence electrons. The Morgan fingerprint density at radius 3 is 2.03 bits per heavy atom. The molecule has 0 N–H and O–H groups in total. The van der Waals surface area contributed by atoms with Crippen LogP contribution in [-0.2, 0) is 0 Å². The highest BCUT2D eigenvalue weighted by Gasteiger charge is 2.26. The maximum atomic E-state index is 14.2. The van der Waals surface area contributed by atoms with Gasteiger partial charge in [0.1, 0.15) is 11.6 Å². The first-order valence-electron chi connectivity index (χ1n) is 11.0.